The van der Waals surface area contributed by atoms with E-state index in [1.165, 1.54) is 16.7 Å². The lowest BCUT2D eigenvalue weighted by Gasteiger charge is -2.35. The van der Waals surface area contributed by atoms with Crippen molar-refractivity contribution in [3.05, 3.63) is 34.9 Å². The van der Waals surface area contributed by atoms with E-state index in [1.807, 2.05) is 0 Å². The van der Waals surface area contributed by atoms with E-state index in [4.69, 9.17) is 0 Å². The zero-order chi connectivity index (χ0) is 13.1. The summed E-state index contributed by atoms with van der Waals surface area (Å²) in [5, 5.41) is 2.35. The largest absolute Gasteiger partial charge is 0.304 e. The number of nitrogens with zero attached hydrogens (tertiary/aromatic N) is 2. The highest BCUT2D eigenvalue weighted by Crippen LogP contribution is 2.19. The molecule has 3 heteroatoms. The van der Waals surface area contributed by atoms with E-state index in [2.05, 4.69) is 61.4 Å². The lowest BCUT2D eigenvalue weighted by Crippen LogP contribution is -2.51. The maximum atomic E-state index is 3.62. The van der Waals surface area contributed by atoms with E-state index < -0.39 is 0 Å². The molecule has 1 aliphatic rings. The summed E-state index contributed by atoms with van der Waals surface area (Å²) in [4.78, 5) is 2.37. The highest BCUT2D eigenvalue weighted by Gasteiger charge is 2.16. The van der Waals surface area contributed by atoms with Crippen molar-refractivity contribution < 1.29 is 0 Å². The molecule has 1 saturated heterocycles. The van der Waals surface area contributed by atoms with Crippen LogP contribution in [0.25, 0.3) is 0 Å². The zero-order valence-electron chi connectivity index (χ0n) is 12.0. The van der Waals surface area contributed by atoms with Crippen LogP contribution < -0.4 is 5.43 Å². The van der Waals surface area contributed by atoms with Gasteiger partial charge in [0, 0.05) is 32.2 Å². The fourth-order valence-electron chi connectivity index (χ4n) is 2.59. The van der Waals surface area contributed by atoms with Crippen LogP contribution in [0.2, 0.25) is 0 Å². The Morgan fingerprint density at radius 3 is 2.39 bits per heavy atom. The highest BCUT2D eigenvalue weighted by molar-refractivity contribution is 5.32. The molecule has 1 N–H and O–H groups in total. The summed E-state index contributed by atoms with van der Waals surface area (Å²) in [6.07, 6.45) is 0. The first kappa shape index (κ1) is 13.5. The monoisotopic (exact) mass is 247 g/mol. The molecule has 1 fully saturated rings. The van der Waals surface area contributed by atoms with Gasteiger partial charge in [0.1, 0.15) is 0 Å². The highest BCUT2D eigenvalue weighted by atomic mass is 15.5. The second-order valence-electron chi connectivity index (χ2n) is 5.50. The van der Waals surface area contributed by atoms with E-state index in [0.29, 0.717) is 6.04 Å². The minimum atomic E-state index is 0.383. The van der Waals surface area contributed by atoms with Crippen molar-refractivity contribution in [2.45, 2.75) is 26.8 Å². The number of piperazine rings is 1. The molecule has 0 bridgehead atoms. The van der Waals surface area contributed by atoms with Gasteiger partial charge < -0.3 is 4.90 Å². The molecule has 18 heavy (non-hydrogen) atoms. The molecule has 0 aromatic heterocycles. The number of aryl methyl sites for hydroxylation is 2. The summed E-state index contributed by atoms with van der Waals surface area (Å²) in [5.74, 6) is 0. The van der Waals surface area contributed by atoms with Crippen molar-refractivity contribution in [1.82, 2.24) is 15.3 Å². The van der Waals surface area contributed by atoms with Crippen molar-refractivity contribution >= 4 is 0 Å². The number of benzene rings is 1. The predicted octanol–water partition coefficient (Wildman–Crippen LogP) is 2.12. The van der Waals surface area contributed by atoms with E-state index in [1.54, 1.807) is 0 Å². The van der Waals surface area contributed by atoms with Gasteiger partial charge in [0.15, 0.2) is 0 Å². The predicted molar refractivity (Wildman–Crippen MR) is 76.5 cm³/mol. The first-order valence-corrected chi connectivity index (χ1v) is 6.83. The van der Waals surface area contributed by atoms with Gasteiger partial charge in [-0.15, -0.1) is 0 Å². The molecule has 1 unspecified atom stereocenters. The van der Waals surface area contributed by atoms with Crippen LogP contribution in [0.3, 0.4) is 0 Å². The number of rotatable bonds is 3. The van der Waals surface area contributed by atoms with Crippen LogP contribution >= 0.6 is 0 Å². The Morgan fingerprint density at radius 2 is 1.78 bits per heavy atom. The summed E-state index contributed by atoms with van der Waals surface area (Å²) in [6.45, 7) is 11.1. The van der Waals surface area contributed by atoms with Gasteiger partial charge in [0.25, 0.3) is 0 Å². The maximum absolute atomic E-state index is 3.62. The molecule has 0 aliphatic carbocycles. The Morgan fingerprint density at radius 1 is 1.11 bits per heavy atom. The summed E-state index contributed by atoms with van der Waals surface area (Å²) in [5.41, 5.74) is 7.74. The number of hydrogen-bond acceptors (Lipinski definition) is 3. The van der Waals surface area contributed by atoms with Crippen molar-refractivity contribution in [1.29, 1.82) is 0 Å². The van der Waals surface area contributed by atoms with Crippen LogP contribution in [0.5, 0.6) is 0 Å². The Labute approximate surface area is 111 Å². The van der Waals surface area contributed by atoms with Gasteiger partial charge in [-0.2, -0.15) is 0 Å². The topological polar surface area (TPSA) is 18.5 Å². The molecule has 1 heterocycles. The van der Waals surface area contributed by atoms with Crippen molar-refractivity contribution in [3.8, 4) is 0 Å². The second kappa shape index (κ2) is 5.83. The average molecular weight is 247 g/mol. The standard InChI is InChI=1S/C15H25N3/c1-12-5-6-15(13(2)11-12)14(3)16-18-9-7-17(4)8-10-18/h5-6,11,14,16H,7-10H2,1-4H3. The van der Waals surface area contributed by atoms with E-state index in [0.717, 1.165) is 26.2 Å². The van der Waals surface area contributed by atoms with Gasteiger partial charge in [-0.1, -0.05) is 23.8 Å². The summed E-state index contributed by atoms with van der Waals surface area (Å²) >= 11 is 0. The zero-order valence-corrected chi connectivity index (χ0v) is 12.0. The Bertz CT molecular complexity index is 395. The van der Waals surface area contributed by atoms with Gasteiger partial charge in [-0.3, -0.25) is 0 Å². The van der Waals surface area contributed by atoms with Crippen molar-refractivity contribution in [2.24, 2.45) is 0 Å². The third kappa shape index (κ3) is 3.31. The Balaban J connectivity index is 1.97. The third-order valence-electron chi connectivity index (χ3n) is 3.77. The molecule has 1 aromatic rings. The fourth-order valence-corrected chi connectivity index (χ4v) is 2.59. The summed E-state index contributed by atoms with van der Waals surface area (Å²) in [7, 11) is 2.19. The van der Waals surface area contributed by atoms with Crippen molar-refractivity contribution in [3.63, 3.8) is 0 Å². The van der Waals surface area contributed by atoms with Gasteiger partial charge in [-0.25, -0.2) is 10.4 Å². The fraction of sp³-hybridized carbons (Fsp3) is 0.600. The number of nitrogens with one attached hydrogen (secondary N) is 1. The SMILES string of the molecule is Cc1ccc(C(C)NN2CCN(C)CC2)c(C)c1. The van der Waals surface area contributed by atoms with E-state index in [-0.39, 0.29) is 0 Å². The summed E-state index contributed by atoms with van der Waals surface area (Å²) in [6, 6.07) is 7.09. The van der Waals surface area contributed by atoms with Crippen LogP contribution in [0.1, 0.15) is 29.7 Å². The summed E-state index contributed by atoms with van der Waals surface area (Å²) < 4.78 is 0. The smallest absolute Gasteiger partial charge is 0.0439 e. The van der Waals surface area contributed by atoms with Crippen LogP contribution in [-0.4, -0.2) is 43.1 Å². The van der Waals surface area contributed by atoms with Crippen LogP contribution in [0.4, 0.5) is 0 Å². The van der Waals surface area contributed by atoms with Crippen LogP contribution in [0.15, 0.2) is 18.2 Å². The Hall–Kier alpha value is -0.900. The quantitative estimate of drug-likeness (QED) is 0.882. The molecule has 0 amide bonds. The Kier molecular flexibility index (Phi) is 4.38. The van der Waals surface area contributed by atoms with Crippen LogP contribution in [0, 0.1) is 13.8 Å². The first-order valence-electron chi connectivity index (χ1n) is 6.83. The molecule has 0 saturated carbocycles. The molecular weight excluding hydrogens is 222 g/mol. The second-order valence-corrected chi connectivity index (χ2v) is 5.50. The van der Waals surface area contributed by atoms with Gasteiger partial charge in [0.05, 0.1) is 0 Å². The molecule has 2 rings (SSSR count). The molecule has 3 nitrogen and oxygen atoms in total. The molecule has 1 aliphatic heterocycles. The van der Waals surface area contributed by atoms with Crippen LogP contribution in [-0.2, 0) is 0 Å². The number of hydrazine groups is 1. The molecule has 1 atom stereocenters. The minimum Gasteiger partial charge on any atom is -0.304 e. The molecule has 0 radical (unpaired) electrons. The maximum Gasteiger partial charge on any atom is 0.0439 e. The normalized spacial score (nSPS) is 20.0. The van der Waals surface area contributed by atoms with Gasteiger partial charge in [-0.05, 0) is 38.9 Å². The molecular formula is C15H25N3. The van der Waals surface area contributed by atoms with E-state index in [9.17, 15) is 0 Å². The number of likely N-dealkylation sites (N-methyl/N-ethyl adjacent to an activating group) is 1. The van der Waals surface area contributed by atoms with Gasteiger partial charge >= 0.3 is 0 Å². The van der Waals surface area contributed by atoms with E-state index >= 15 is 0 Å². The lowest BCUT2D eigenvalue weighted by molar-refractivity contribution is 0.0898. The molecule has 1 aromatic carbocycles. The lowest BCUT2D eigenvalue weighted by atomic mass is 10.0. The third-order valence-corrected chi connectivity index (χ3v) is 3.77. The van der Waals surface area contributed by atoms with Crippen molar-refractivity contribution in [2.75, 3.05) is 33.2 Å². The first-order chi connectivity index (χ1) is 8.56. The molecule has 100 valence electrons. The number of hydrogen-bond donors (Lipinski definition) is 1. The minimum absolute atomic E-state index is 0.383. The van der Waals surface area contributed by atoms with Gasteiger partial charge in [0.2, 0.25) is 0 Å². The molecule has 0 spiro atoms. The average Bonchev–Trinajstić information content (AvgIpc) is 2.32.